The number of nitrogens with zero attached hydrogens (tertiary/aromatic N) is 2. The van der Waals surface area contributed by atoms with Gasteiger partial charge in [-0.2, -0.15) is 0 Å². The number of aryl methyl sites for hydroxylation is 2. The van der Waals surface area contributed by atoms with Crippen LogP contribution in [0, 0.1) is 13.8 Å². The summed E-state index contributed by atoms with van der Waals surface area (Å²) in [5.74, 6) is 0. The van der Waals surface area contributed by atoms with Gasteiger partial charge in [-0.1, -0.05) is 158 Å². The molecule has 4 heteroatoms. The van der Waals surface area contributed by atoms with E-state index < -0.39 is 0 Å². The van der Waals surface area contributed by atoms with Crippen LogP contribution in [0.5, 0.6) is 0 Å². The maximum atomic E-state index is 7.16. The molecule has 13 rings (SSSR count). The van der Waals surface area contributed by atoms with Crippen LogP contribution in [0.25, 0.3) is 66.1 Å². The van der Waals surface area contributed by atoms with Crippen LogP contribution in [0.3, 0.4) is 0 Å². The van der Waals surface area contributed by atoms with Gasteiger partial charge in [0, 0.05) is 50.8 Å². The first kappa shape index (κ1) is 42.8. The molecule has 0 fully saturated rings. The third-order valence-corrected chi connectivity index (χ3v) is 16.5. The van der Waals surface area contributed by atoms with Gasteiger partial charge in [0.05, 0.1) is 0 Å². The molecule has 0 bridgehead atoms. The van der Waals surface area contributed by atoms with Gasteiger partial charge < -0.3 is 14.1 Å². The molecule has 70 heavy (non-hydrogen) atoms. The SMILES string of the molecule is Cc1ccccc1-c1cc2c3c(c1)N(c1ccc(C(C)(C)C)cc1C)c1cc4oc5cc6c(cc5c4cc1B3N(c1ccc(-c3ccccc3)cc1)c1cc3ccccc3cc1-2)C(C)(C)CCC6(C)C. The van der Waals surface area contributed by atoms with E-state index in [9.17, 15) is 0 Å². The maximum absolute atomic E-state index is 7.16. The third-order valence-electron chi connectivity index (χ3n) is 16.5. The Morgan fingerprint density at radius 2 is 1.13 bits per heavy atom. The topological polar surface area (TPSA) is 19.6 Å². The van der Waals surface area contributed by atoms with Crippen molar-refractivity contribution in [1.29, 1.82) is 0 Å². The molecule has 1 aromatic heterocycles. The summed E-state index contributed by atoms with van der Waals surface area (Å²) in [6.45, 7) is 21.0. The molecule has 0 saturated carbocycles. The number of furan rings is 1. The second-order valence-electron chi connectivity index (χ2n) is 22.9. The summed E-state index contributed by atoms with van der Waals surface area (Å²) in [5.41, 5.74) is 24.5. The van der Waals surface area contributed by atoms with E-state index in [0.29, 0.717) is 0 Å². The lowest BCUT2D eigenvalue weighted by Crippen LogP contribution is -2.61. The number of fused-ring (bicyclic) bond motifs is 9. The average molecular weight is 907 g/mol. The first-order valence-electron chi connectivity index (χ1n) is 25.3. The monoisotopic (exact) mass is 906 g/mol. The van der Waals surface area contributed by atoms with E-state index in [1.54, 1.807) is 0 Å². The van der Waals surface area contributed by atoms with E-state index in [1.807, 2.05) is 0 Å². The number of hydrogen-bond acceptors (Lipinski definition) is 3. The minimum atomic E-state index is -0.171. The first-order chi connectivity index (χ1) is 33.6. The lowest BCUT2D eigenvalue weighted by molar-refractivity contribution is 0.332. The fraction of sp³-hybridized carbons (Fsp3) is 0.212. The smallest absolute Gasteiger partial charge is 0.333 e. The minimum Gasteiger partial charge on any atom is -0.456 e. The molecule has 0 saturated heterocycles. The van der Waals surface area contributed by atoms with Crippen molar-refractivity contribution in [3.05, 3.63) is 198 Å². The molecule has 3 heterocycles. The second-order valence-corrected chi connectivity index (χ2v) is 22.9. The van der Waals surface area contributed by atoms with Gasteiger partial charge in [0.1, 0.15) is 11.2 Å². The van der Waals surface area contributed by atoms with Crippen LogP contribution in [0.1, 0.15) is 89.1 Å². The Morgan fingerprint density at radius 3 is 1.84 bits per heavy atom. The zero-order valence-corrected chi connectivity index (χ0v) is 42.0. The zero-order chi connectivity index (χ0) is 48.0. The molecule has 0 N–H and O–H groups in total. The molecule has 2 aliphatic heterocycles. The van der Waals surface area contributed by atoms with Gasteiger partial charge in [-0.05, 0) is 175 Å². The summed E-state index contributed by atoms with van der Waals surface area (Å²) >= 11 is 0. The third kappa shape index (κ3) is 6.48. The van der Waals surface area contributed by atoms with E-state index in [4.69, 9.17) is 4.42 Å². The standard InChI is InChI=1S/C66H59BN2O/c1-40-17-13-16-22-49(40)46-33-53-50-32-44-20-14-15-21-45(44)34-58(50)69(48-26-23-43(24-27-48)42-18-11-10-12-19-42)67-56-37-52-51-36-54-55(66(8,9)30-29-65(54,6)7)38-61(51)70-62(52)39-59(56)68(60(35-46)63(53)67)57-28-25-47(31-41(57)2)64(3,4)5/h10-28,31-39H,29-30H2,1-9H3. The Balaban J connectivity index is 1.16. The molecule has 0 atom stereocenters. The van der Waals surface area contributed by atoms with Crippen molar-refractivity contribution < 1.29 is 4.42 Å². The highest BCUT2D eigenvalue weighted by molar-refractivity contribution is 6.93. The van der Waals surface area contributed by atoms with E-state index in [2.05, 4.69) is 242 Å². The largest absolute Gasteiger partial charge is 0.456 e. The number of benzene rings is 9. The highest BCUT2D eigenvalue weighted by Crippen LogP contribution is 2.52. The van der Waals surface area contributed by atoms with Crippen molar-refractivity contribution >= 4 is 78.9 Å². The molecule has 0 amide bonds. The summed E-state index contributed by atoms with van der Waals surface area (Å²) < 4.78 is 7.16. The Labute approximate surface area is 413 Å². The van der Waals surface area contributed by atoms with Crippen LogP contribution in [0.15, 0.2) is 174 Å². The molecule has 9 aromatic carbocycles. The molecule has 0 unspecified atom stereocenters. The lowest BCUT2D eigenvalue weighted by atomic mass is 9.43. The molecule has 342 valence electrons. The van der Waals surface area contributed by atoms with Crippen molar-refractivity contribution in [2.24, 2.45) is 0 Å². The van der Waals surface area contributed by atoms with Crippen LogP contribution < -0.4 is 20.6 Å². The van der Waals surface area contributed by atoms with E-state index in [-0.39, 0.29) is 23.1 Å². The van der Waals surface area contributed by atoms with Crippen LogP contribution in [0.2, 0.25) is 0 Å². The van der Waals surface area contributed by atoms with Gasteiger partial charge in [0.25, 0.3) is 0 Å². The summed E-state index contributed by atoms with van der Waals surface area (Å²) in [6, 6.07) is 64.6. The van der Waals surface area contributed by atoms with E-state index in [0.717, 1.165) is 35.4 Å². The van der Waals surface area contributed by atoms with Crippen molar-refractivity contribution in [3.8, 4) is 33.4 Å². The van der Waals surface area contributed by atoms with E-state index in [1.165, 1.54) is 111 Å². The first-order valence-corrected chi connectivity index (χ1v) is 25.3. The average Bonchev–Trinajstić information content (AvgIpc) is 3.71. The zero-order valence-electron chi connectivity index (χ0n) is 42.0. The fourth-order valence-corrected chi connectivity index (χ4v) is 12.4. The number of hydrogen-bond donors (Lipinski definition) is 0. The molecule has 1 aliphatic carbocycles. The lowest BCUT2D eigenvalue weighted by Gasteiger charge is -2.46. The molecular weight excluding hydrogens is 848 g/mol. The normalized spacial score (nSPS) is 15.5. The Bertz CT molecular complexity index is 3790. The summed E-state index contributed by atoms with van der Waals surface area (Å²) in [4.78, 5) is 5.24. The van der Waals surface area contributed by atoms with Crippen LogP contribution in [0.4, 0.5) is 28.4 Å². The molecule has 10 aromatic rings. The van der Waals surface area contributed by atoms with Gasteiger partial charge in [0.2, 0.25) is 0 Å². The van der Waals surface area contributed by atoms with Crippen molar-refractivity contribution in [2.75, 3.05) is 9.71 Å². The Kier molecular flexibility index (Phi) is 9.23. The highest BCUT2D eigenvalue weighted by atomic mass is 16.3. The number of rotatable bonds is 4. The van der Waals surface area contributed by atoms with Gasteiger partial charge >= 0.3 is 6.85 Å². The predicted octanol–water partition coefficient (Wildman–Crippen LogP) is 17.0. The maximum Gasteiger partial charge on any atom is 0.333 e. The molecule has 0 spiro atoms. The molecule has 0 radical (unpaired) electrons. The quantitative estimate of drug-likeness (QED) is 0.164. The second kappa shape index (κ2) is 15.1. The Morgan fingerprint density at radius 1 is 0.486 bits per heavy atom. The van der Waals surface area contributed by atoms with E-state index >= 15 is 0 Å². The number of anilines is 5. The predicted molar refractivity (Wildman–Crippen MR) is 299 cm³/mol. The van der Waals surface area contributed by atoms with Gasteiger partial charge in [0.15, 0.2) is 0 Å². The molecule has 3 nitrogen and oxygen atoms in total. The Hall–Kier alpha value is -7.30. The van der Waals surface area contributed by atoms with Crippen LogP contribution >= 0.6 is 0 Å². The van der Waals surface area contributed by atoms with Crippen LogP contribution in [-0.2, 0) is 16.2 Å². The van der Waals surface area contributed by atoms with Crippen molar-refractivity contribution in [3.63, 3.8) is 0 Å². The van der Waals surface area contributed by atoms with Gasteiger partial charge in [-0.3, -0.25) is 0 Å². The summed E-state index contributed by atoms with van der Waals surface area (Å²) in [6.07, 6.45) is 2.31. The van der Waals surface area contributed by atoms with Crippen LogP contribution in [-0.4, -0.2) is 6.85 Å². The molecule has 3 aliphatic rings. The van der Waals surface area contributed by atoms with Gasteiger partial charge in [-0.15, -0.1) is 0 Å². The van der Waals surface area contributed by atoms with Crippen molar-refractivity contribution in [1.82, 2.24) is 0 Å². The minimum absolute atomic E-state index is 0.00386. The van der Waals surface area contributed by atoms with Crippen molar-refractivity contribution in [2.45, 2.75) is 91.4 Å². The molecular formula is C66H59BN2O. The fourth-order valence-electron chi connectivity index (χ4n) is 12.4. The summed E-state index contributed by atoms with van der Waals surface area (Å²) in [7, 11) is 0. The van der Waals surface area contributed by atoms with Gasteiger partial charge in [-0.25, -0.2) is 0 Å². The highest BCUT2D eigenvalue weighted by Gasteiger charge is 2.46. The summed E-state index contributed by atoms with van der Waals surface area (Å²) in [5, 5.41) is 4.82.